The molecule has 0 bridgehead atoms. The van der Waals surface area contributed by atoms with Crippen LogP contribution >= 0.6 is 11.3 Å². The molecule has 31 heavy (non-hydrogen) atoms. The van der Waals surface area contributed by atoms with Gasteiger partial charge in [-0.05, 0) is 53.4 Å². The average Bonchev–Trinajstić information content (AvgIpc) is 3.24. The molecular formula is C25H21NO3S2. The molecule has 0 fully saturated rings. The van der Waals surface area contributed by atoms with E-state index in [2.05, 4.69) is 6.07 Å². The maximum atomic E-state index is 13.8. The highest BCUT2D eigenvalue weighted by molar-refractivity contribution is 7.92. The zero-order valence-electron chi connectivity index (χ0n) is 16.9. The average molecular weight is 448 g/mol. The number of nitrogens with zero attached hydrogens (tertiary/aromatic N) is 1. The minimum atomic E-state index is -3.84. The summed E-state index contributed by atoms with van der Waals surface area (Å²) in [5.41, 5.74) is 3.88. The van der Waals surface area contributed by atoms with Crippen LogP contribution in [0.4, 0.5) is 5.69 Å². The Morgan fingerprint density at radius 2 is 1.61 bits per heavy atom. The molecule has 0 aliphatic carbocycles. The number of phenols is 1. The van der Waals surface area contributed by atoms with Crippen molar-refractivity contribution in [3.63, 3.8) is 0 Å². The molecule has 4 aromatic rings. The number of aromatic hydroxyl groups is 1. The SMILES string of the molecule is CCC1c2ccccc2-c2sc(-c3ccccc3)cc2N1S(=O)(=O)c1ccc(O)cc1. The lowest BCUT2D eigenvalue weighted by molar-refractivity contribution is 0.474. The fraction of sp³-hybridized carbons (Fsp3) is 0.120. The topological polar surface area (TPSA) is 57.6 Å². The van der Waals surface area contributed by atoms with E-state index in [4.69, 9.17) is 0 Å². The second kappa shape index (κ2) is 7.55. The highest BCUT2D eigenvalue weighted by Gasteiger charge is 2.39. The summed E-state index contributed by atoms with van der Waals surface area (Å²) in [5.74, 6) is 0.0394. The maximum Gasteiger partial charge on any atom is 0.264 e. The van der Waals surface area contributed by atoms with Crippen LogP contribution in [0, 0.1) is 0 Å². The number of anilines is 1. The van der Waals surface area contributed by atoms with Gasteiger partial charge in [0.05, 0.1) is 21.5 Å². The summed E-state index contributed by atoms with van der Waals surface area (Å²) in [6.07, 6.45) is 0.643. The number of thiophene rings is 1. The number of sulfonamides is 1. The quantitative estimate of drug-likeness (QED) is 0.391. The Kier molecular flexibility index (Phi) is 4.84. The summed E-state index contributed by atoms with van der Waals surface area (Å²) in [6, 6.07) is 25.5. The minimum absolute atomic E-state index is 0.0394. The number of phenolic OH excluding ortho intramolecular Hbond substituents is 1. The molecule has 4 nitrogen and oxygen atoms in total. The van der Waals surface area contributed by atoms with E-state index in [1.807, 2.05) is 61.5 Å². The van der Waals surface area contributed by atoms with Crippen LogP contribution in [0.3, 0.4) is 0 Å². The molecule has 3 aromatic carbocycles. The molecule has 1 aliphatic rings. The molecule has 1 aliphatic heterocycles. The van der Waals surface area contributed by atoms with E-state index in [1.54, 1.807) is 15.6 Å². The molecule has 0 radical (unpaired) electrons. The maximum absolute atomic E-state index is 13.8. The van der Waals surface area contributed by atoms with Crippen molar-refractivity contribution in [2.75, 3.05) is 4.31 Å². The van der Waals surface area contributed by atoms with E-state index in [1.165, 1.54) is 24.3 Å². The van der Waals surface area contributed by atoms with E-state index < -0.39 is 10.0 Å². The first-order valence-corrected chi connectivity index (χ1v) is 12.4. The molecular weight excluding hydrogens is 426 g/mol. The highest BCUT2D eigenvalue weighted by atomic mass is 32.2. The predicted octanol–water partition coefficient (Wildman–Crippen LogP) is 6.45. The first-order valence-electron chi connectivity index (χ1n) is 10.1. The predicted molar refractivity (Wildman–Crippen MR) is 126 cm³/mol. The van der Waals surface area contributed by atoms with E-state index in [0.717, 1.165) is 26.4 Å². The molecule has 5 rings (SSSR count). The van der Waals surface area contributed by atoms with Gasteiger partial charge >= 0.3 is 0 Å². The van der Waals surface area contributed by atoms with Crippen LogP contribution in [0.2, 0.25) is 0 Å². The van der Waals surface area contributed by atoms with Gasteiger partial charge in [-0.15, -0.1) is 11.3 Å². The smallest absolute Gasteiger partial charge is 0.264 e. The zero-order valence-corrected chi connectivity index (χ0v) is 18.5. The molecule has 0 saturated heterocycles. The van der Waals surface area contributed by atoms with Crippen LogP contribution in [-0.4, -0.2) is 13.5 Å². The largest absolute Gasteiger partial charge is 0.508 e. The van der Waals surface area contributed by atoms with Gasteiger partial charge in [0.15, 0.2) is 0 Å². The molecule has 156 valence electrons. The number of rotatable bonds is 4. The van der Waals surface area contributed by atoms with Gasteiger partial charge in [0, 0.05) is 4.88 Å². The van der Waals surface area contributed by atoms with Gasteiger partial charge in [-0.3, -0.25) is 4.31 Å². The van der Waals surface area contributed by atoms with Gasteiger partial charge in [-0.1, -0.05) is 61.5 Å². The Hall–Kier alpha value is -3.09. The Bertz CT molecular complexity index is 1340. The fourth-order valence-corrected chi connectivity index (χ4v) is 7.15. The van der Waals surface area contributed by atoms with Gasteiger partial charge in [-0.2, -0.15) is 0 Å². The molecule has 1 atom stereocenters. The third-order valence-corrected chi connectivity index (χ3v) is 8.68. The lowest BCUT2D eigenvalue weighted by Gasteiger charge is -2.37. The molecule has 0 amide bonds. The Morgan fingerprint density at radius 1 is 0.935 bits per heavy atom. The second-order valence-corrected chi connectivity index (χ2v) is 10.4. The molecule has 1 N–H and O–H groups in total. The van der Waals surface area contributed by atoms with Crippen LogP contribution in [0.1, 0.15) is 24.9 Å². The monoisotopic (exact) mass is 447 g/mol. The summed E-state index contributed by atoms with van der Waals surface area (Å²) >= 11 is 1.62. The van der Waals surface area contributed by atoms with Crippen LogP contribution in [-0.2, 0) is 10.0 Å². The van der Waals surface area contributed by atoms with Crippen molar-refractivity contribution in [1.29, 1.82) is 0 Å². The summed E-state index contributed by atoms with van der Waals surface area (Å²) in [6.45, 7) is 2.01. The van der Waals surface area contributed by atoms with Crippen molar-refractivity contribution in [2.24, 2.45) is 0 Å². The Labute approximate surface area is 186 Å². The number of hydrogen-bond donors (Lipinski definition) is 1. The van der Waals surface area contributed by atoms with E-state index >= 15 is 0 Å². The molecule has 2 heterocycles. The standard InChI is InChI=1S/C25H21NO3S2/c1-2-22-20-10-6-7-11-21(20)25-23(16-24(30-25)17-8-4-3-5-9-17)26(22)31(28,29)19-14-12-18(27)13-15-19/h3-16,22,27H,2H2,1H3. The normalized spacial score (nSPS) is 15.4. The number of benzene rings is 3. The summed E-state index contributed by atoms with van der Waals surface area (Å²) in [4.78, 5) is 2.16. The van der Waals surface area contributed by atoms with Crippen LogP contribution < -0.4 is 4.31 Å². The van der Waals surface area contributed by atoms with Gasteiger partial charge < -0.3 is 5.11 Å². The lowest BCUT2D eigenvalue weighted by atomic mass is 9.93. The Balaban J connectivity index is 1.76. The van der Waals surface area contributed by atoms with Crippen molar-refractivity contribution < 1.29 is 13.5 Å². The van der Waals surface area contributed by atoms with Crippen LogP contribution in [0.15, 0.2) is 89.8 Å². The highest BCUT2D eigenvalue weighted by Crippen LogP contribution is 2.53. The van der Waals surface area contributed by atoms with Gasteiger partial charge in [0.1, 0.15) is 5.75 Å². The molecule has 1 unspecified atom stereocenters. The Morgan fingerprint density at radius 3 is 2.32 bits per heavy atom. The summed E-state index contributed by atoms with van der Waals surface area (Å²) < 4.78 is 29.2. The van der Waals surface area contributed by atoms with E-state index in [0.29, 0.717) is 12.1 Å². The minimum Gasteiger partial charge on any atom is -0.508 e. The second-order valence-electron chi connectivity index (χ2n) is 7.50. The van der Waals surface area contributed by atoms with Crippen molar-refractivity contribution in [1.82, 2.24) is 0 Å². The molecule has 0 spiro atoms. The third kappa shape index (κ3) is 3.23. The van der Waals surface area contributed by atoms with Crippen LogP contribution in [0.25, 0.3) is 20.9 Å². The van der Waals surface area contributed by atoms with Crippen molar-refractivity contribution in [2.45, 2.75) is 24.3 Å². The summed E-state index contributed by atoms with van der Waals surface area (Å²) in [5, 5.41) is 9.64. The van der Waals surface area contributed by atoms with Gasteiger partial charge in [0.2, 0.25) is 0 Å². The number of fused-ring (bicyclic) bond motifs is 3. The number of hydrogen-bond acceptors (Lipinski definition) is 4. The van der Waals surface area contributed by atoms with Crippen molar-refractivity contribution >= 4 is 27.0 Å². The lowest BCUT2D eigenvalue weighted by Crippen LogP contribution is -2.36. The molecule has 6 heteroatoms. The first-order chi connectivity index (χ1) is 15.0. The summed E-state index contributed by atoms with van der Waals surface area (Å²) in [7, 11) is -3.84. The van der Waals surface area contributed by atoms with Gasteiger partial charge in [-0.25, -0.2) is 8.42 Å². The van der Waals surface area contributed by atoms with Gasteiger partial charge in [0.25, 0.3) is 10.0 Å². The molecule has 1 aromatic heterocycles. The molecule has 0 saturated carbocycles. The third-order valence-electron chi connectivity index (χ3n) is 5.64. The first kappa shape index (κ1) is 19.8. The van der Waals surface area contributed by atoms with Crippen molar-refractivity contribution in [3.05, 3.63) is 90.5 Å². The van der Waals surface area contributed by atoms with Crippen LogP contribution in [0.5, 0.6) is 5.75 Å². The van der Waals surface area contributed by atoms with Crippen molar-refractivity contribution in [3.8, 4) is 26.6 Å². The fourth-order valence-electron chi connectivity index (χ4n) is 4.19. The van der Waals surface area contributed by atoms with E-state index in [-0.39, 0.29) is 16.7 Å². The zero-order chi connectivity index (χ0) is 21.6. The van der Waals surface area contributed by atoms with E-state index in [9.17, 15) is 13.5 Å².